The van der Waals surface area contributed by atoms with Crippen molar-refractivity contribution < 1.29 is 19.7 Å². The zero-order chi connectivity index (χ0) is 19.1. The molecule has 6 nitrogen and oxygen atoms in total. The molecule has 0 saturated carbocycles. The number of β-amino-alcohol motifs (C(OH)–C–C–N with tert-alkyl or cyclic N) is 1. The summed E-state index contributed by atoms with van der Waals surface area (Å²) in [6, 6.07) is 9.93. The number of likely N-dealkylation sites (tertiary alicyclic amines) is 1. The predicted octanol–water partition coefficient (Wildman–Crippen LogP) is 0.960. The molecule has 0 aromatic heterocycles. The highest BCUT2D eigenvalue weighted by atomic mass is 16.5. The van der Waals surface area contributed by atoms with E-state index < -0.39 is 11.7 Å². The van der Waals surface area contributed by atoms with Crippen molar-refractivity contribution in [1.29, 1.82) is 0 Å². The molecule has 2 heterocycles. The van der Waals surface area contributed by atoms with Crippen LogP contribution in [-0.4, -0.2) is 72.1 Å². The minimum Gasteiger partial charge on any atom is -0.388 e. The molecule has 27 heavy (non-hydrogen) atoms. The largest absolute Gasteiger partial charge is 0.388 e. The van der Waals surface area contributed by atoms with E-state index in [1.807, 2.05) is 30.3 Å². The second kappa shape index (κ2) is 9.64. The molecule has 3 rings (SSSR count). The summed E-state index contributed by atoms with van der Waals surface area (Å²) in [4.78, 5) is 14.1. The van der Waals surface area contributed by atoms with Gasteiger partial charge in [-0.05, 0) is 43.7 Å². The molecule has 1 aromatic carbocycles. The molecule has 0 unspecified atom stereocenters. The summed E-state index contributed by atoms with van der Waals surface area (Å²) in [6.07, 6.45) is 2.68. The molecule has 150 valence electrons. The van der Waals surface area contributed by atoms with Crippen molar-refractivity contribution in [3.63, 3.8) is 0 Å². The van der Waals surface area contributed by atoms with Crippen molar-refractivity contribution in [2.75, 3.05) is 39.4 Å². The normalized spacial score (nSPS) is 26.9. The van der Waals surface area contributed by atoms with E-state index in [4.69, 9.17) is 4.74 Å². The third-order valence-electron chi connectivity index (χ3n) is 5.86. The minimum absolute atomic E-state index is 0.0371. The minimum atomic E-state index is -1.17. The van der Waals surface area contributed by atoms with Gasteiger partial charge in [0.1, 0.15) is 11.7 Å². The summed E-state index contributed by atoms with van der Waals surface area (Å²) in [5.41, 5.74) is -0.0290. The molecular weight excluding hydrogens is 344 g/mol. The highest BCUT2D eigenvalue weighted by Crippen LogP contribution is 2.23. The van der Waals surface area contributed by atoms with Crippen molar-refractivity contribution in [2.24, 2.45) is 5.92 Å². The van der Waals surface area contributed by atoms with Crippen LogP contribution in [-0.2, 0) is 16.0 Å². The van der Waals surface area contributed by atoms with Gasteiger partial charge in [-0.15, -0.1) is 0 Å². The van der Waals surface area contributed by atoms with Crippen molar-refractivity contribution in [3.8, 4) is 0 Å². The average molecular weight is 376 g/mol. The Balaban J connectivity index is 1.41. The van der Waals surface area contributed by atoms with Gasteiger partial charge in [-0.1, -0.05) is 30.3 Å². The number of aliphatic hydroxyl groups is 2. The molecule has 6 heteroatoms. The van der Waals surface area contributed by atoms with Gasteiger partial charge >= 0.3 is 0 Å². The van der Waals surface area contributed by atoms with Crippen LogP contribution >= 0.6 is 0 Å². The molecule has 2 atom stereocenters. The lowest BCUT2D eigenvalue weighted by Gasteiger charge is -2.42. The zero-order valence-electron chi connectivity index (χ0n) is 16.0. The number of nitrogens with one attached hydrogen (secondary N) is 1. The summed E-state index contributed by atoms with van der Waals surface area (Å²) in [7, 11) is 0. The summed E-state index contributed by atoms with van der Waals surface area (Å²) in [5, 5.41) is 24.6. The SMILES string of the molecule is O=C(CCc1ccccc1)N1CC[C@](O)(CNCC2CCOCC2)[C@@H](O)C1. The number of benzene rings is 1. The van der Waals surface area contributed by atoms with E-state index in [-0.39, 0.29) is 12.5 Å². The quantitative estimate of drug-likeness (QED) is 0.660. The van der Waals surface area contributed by atoms with Crippen LogP contribution in [0.25, 0.3) is 0 Å². The van der Waals surface area contributed by atoms with Crippen LogP contribution in [0.2, 0.25) is 0 Å². The number of piperidine rings is 1. The predicted molar refractivity (Wildman–Crippen MR) is 103 cm³/mol. The maximum atomic E-state index is 12.5. The molecule has 3 N–H and O–H groups in total. The fourth-order valence-corrected chi connectivity index (χ4v) is 3.90. The van der Waals surface area contributed by atoms with Crippen LogP contribution in [0.4, 0.5) is 0 Å². The molecule has 0 radical (unpaired) electrons. The first kappa shape index (κ1) is 20.3. The van der Waals surface area contributed by atoms with E-state index in [1.165, 1.54) is 0 Å². The van der Waals surface area contributed by atoms with Crippen LogP contribution in [0.3, 0.4) is 0 Å². The first-order valence-electron chi connectivity index (χ1n) is 10.1. The fraction of sp³-hybridized carbons (Fsp3) is 0.667. The number of hydrogen-bond acceptors (Lipinski definition) is 5. The monoisotopic (exact) mass is 376 g/mol. The molecule has 1 aromatic rings. The topological polar surface area (TPSA) is 82.0 Å². The molecule has 0 spiro atoms. The number of carbonyl (C=O) groups excluding carboxylic acids is 1. The van der Waals surface area contributed by atoms with E-state index >= 15 is 0 Å². The Morgan fingerprint density at radius 3 is 2.70 bits per heavy atom. The Hall–Kier alpha value is -1.47. The van der Waals surface area contributed by atoms with Gasteiger partial charge in [0, 0.05) is 39.3 Å². The first-order chi connectivity index (χ1) is 13.1. The van der Waals surface area contributed by atoms with Crippen LogP contribution < -0.4 is 5.32 Å². The molecule has 2 fully saturated rings. The van der Waals surface area contributed by atoms with Crippen LogP contribution in [0.15, 0.2) is 30.3 Å². The van der Waals surface area contributed by atoms with Gasteiger partial charge < -0.3 is 25.2 Å². The number of aryl methyl sites for hydroxylation is 1. The molecule has 0 bridgehead atoms. The van der Waals surface area contributed by atoms with Crippen LogP contribution in [0.5, 0.6) is 0 Å². The molecule has 2 saturated heterocycles. The number of hydrogen-bond donors (Lipinski definition) is 3. The number of rotatable bonds is 7. The highest BCUT2D eigenvalue weighted by molar-refractivity contribution is 5.76. The standard InChI is InChI=1S/C21H32N2O4/c24-19-15-23(20(25)7-6-17-4-2-1-3-5-17)11-10-21(19,26)16-22-14-18-8-12-27-13-9-18/h1-5,18-19,22,24,26H,6-16H2/t19-,21-/m0/s1. The lowest BCUT2D eigenvalue weighted by Crippen LogP contribution is -2.60. The van der Waals surface area contributed by atoms with Crippen molar-refractivity contribution in [2.45, 2.75) is 43.8 Å². The summed E-state index contributed by atoms with van der Waals surface area (Å²) >= 11 is 0. The van der Waals surface area contributed by atoms with Crippen molar-refractivity contribution in [1.82, 2.24) is 10.2 Å². The van der Waals surface area contributed by atoms with Gasteiger partial charge in [-0.25, -0.2) is 0 Å². The van der Waals surface area contributed by atoms with Gasteiger partial charge in [-0.2, -0.15) is 0 Å². The Kier molecular flexibility index (Phi) is 7.24. The van der Waals surface area contributed by atoms with Crippen molar-refractivity contribution in [3.05, 3.63) is 35.9 Å². The Morgan fingerprint density at radius 2 is 2.00 bits per heavy atom. The number of nitrogens with zero attached hydrogens (tertiary/aromatic N) is 1. The van der Waals surface area contributed by atoms with Gasteiger partial charge in [0.15, 0.2) is 0 Å². The Labute approximate surface area is 161 Å². The maximum absolute atomic E-state index is 12.5. The molecule has 2 aliphatic rings. The summed E-state index contributed by atoms with van der Waals surface area (Å²) in [5.74, 6) is 0.606. The fourth-order valence-electron chi connectivity index (χ4n) is 3.90. The van der Waals surface area contributed by atoms with Crippen molar-refractivity contribution >= 4 is 5.91 Å². The smallest absolute Gasteiger partial charge is 0.222 e. The third-order valence-corrected chi connectivity index (χ3v) is 5.86. The highest BCUT2D eigenvalue weighted by Gasteiger charge is 2.41. The number of carbonyl (C=O) groups is 1. The number of aliphatic hydroxyl groups excluding tert-OH is 1. The molecular formula is C21H32N2O4. The molecule has 0 aliphatic carbocycles. The van der Waals surface area contributed by atoms with Gasteiger partial charge in [0.25, 0.3) is 0 Å². The van der Waals surface area contributed by atoms with E-state index in [0.717, 1.165) is 38.2 Å². The van der Waals surface area contributed by atoms with E-state index in [1.54, 1.807) is 4.90 Å². The van der Waals surface area contributed by atoms with Crippen LogP contribution in [0, 0.1) is 5.92 Å². The van der Waals surface area contributed by atoms with Gasteiger partial charge in [0.05, 0.1) is 0 Å². The second-order valence-corrected chi connectivity index (χ2v) is 7.88. The van der Waals surface area contributed by atoms with Gasteiger partial charge in [-0.3, -0.25) is 4.79 Å². The molecule has 2 aliphatic heterocycles. The van der Waals surface area contributed by atoms with E-state index in [0.29, 0.717) is 38.3 Å². The first-order valence-corrected chi connectivity index (χ1v) is 10.1. The number of ether oxygens (including phenoxy) is 1. The summed E-state index contributed by atoms with van der Waals surface area (Å²) < 4.78 is 5.36. The lowest BCUT2D eigenvalue weighted by molar-refractivity contribution is -0.148. The molecule has 1 amide bonds. The van der Waals surface area contributed by atoms with Gasteiger partial charge in [0.2, 0.25) is 5.91 Å². The maximum Gasteiger partial charge on any atom is 0.222 e. The summed E-state index contributed by atoms with van der Waals surface area (Å²) in [6.45, 7) is 3.48. The third kappa shape index (κ3) is 5.75. The van der Waals surface area contributed by atoms with E-state index in [2.05, 4.69) is 5.32 Å². The second-order valence-electron chi connectivity index (χ2n) is 7.88. The lowest BCUT2D eigenvalue weighted by atomic mass is 9.88. The zero-order valence-corrected chi connectivity index (χ0v) is 16.0. The average Bonchev–Trinajstić information content (AvgIpc) is 2.70. The Morgan fingerprint density at radius 1 is 1.26 bits per heavy atom. The van der Waals surface area contributed by atoms with Crippen LogP contribution in [0.1, 0.15) is 31.2 Å². The van der Waals surface area contributed by atoms with E-state index in [9.17, 15) is 15.0 Å². The Bertz CT molecular complexity index is 591. The number of amides is 1.